The molecule has 4 nitrogen and oxygen atoms in total. The van der Waals surface area contributed by atoms with Crippen molar-refractivity contribution in [1.82, 2.24) is 15.2 Å². The second kappa shape index (κ2) is 6.17. The molecule has 1 N–H and O–H groups in total. The molecule has 0 bridgehead atoms. The maximum Gasteiger partial charge on any atom is 0.205 e. The third-order valence-corrected chi connectivity index (χ3v) is 4.61. The van der Waals surface area contributed by atoms with E-state index in [0.717, 1.165) is 33.2 Å². The molecule has 86 valence electrons. The van der Waals surface area contributed by atoms with Crippen LogP contribution in [0.5, 0.6) is 0 Å². The van der Waals surface area contributed by atoms with Gasteiger partial charge in [0, 0.05) is 23.9 Å². The van der Waals surface area contributed by atoms with Crippen molar-refractivity contribution < 1.29 is 0 Å². The quantitative estimate of drug-likeness (QED) is 0.647. The third-order valence-electron chi connectivity index (χ3n) is 1.76. The molecule has 0 amide bonds. The van der Waals surface area contributed by atoms with Crippen LogP contribution in [-0.2, 0) is 0 Å². The summed E-state index contributed by atoms with van der Waals surface area (Å²) in [7, 11) is 0. The highest BCUT2D eigenvalue weighted by atomic mass is 32.2. The van der Waals surface area contributed by atoms with Gasteiger partial charge in [-0.2, -0.15) is 0 Å². The molecule has 0 saturated heterocycles. The van der Waals surface area contributed by atoms with Crippen LogP contribution in [0, 0.1) is 6.92 Å². The lowest BCUT2D eigenvalue weighted by atomic mass is 10.5. The van der Waals surface area contributed by atoms with Crippen molar-refractivity contribution in [1.29, 1.82) is 0 Å². The number of nitrogens with zero attached hydrogens (tertiary/aromatic N) is 3. The topological polar surface area (TPSA) is 50.7 Å². The number of anilines is 1. The molecule has 0 saturated carbocycles. The Kier molecular flexibility index (Phi) is 4.55. The molecule has 0 spiro atoms. The van der Waals surface area contributed by atoms with Gasteiger partial charge in [-0.25, -0.2) is 4.98 Å². The Morgan fingerprint density at radius 1 is 1.44 bits per heavy atom. The zero-order valence-corrected chi connectivity index (χ0v) is 11.3. The van der Waals surface area contributed by atoms with Gasteiger partial charge in [-0.15, -0.1) is 21.5 Å². The third kappa shape index (κ3) is 3.73. The van der Waals surface area contributed by atoms with Gasteiger partial charge in [-0.1, -0.05) is 23.1 Å². The minimum atomic E-state index is 0.914. The Balaban J connectivity index is 1.59. The number of thioether (sulfide) groups is 1. The van der Waals surface area contributed by atoms with E-state index in [4.69, 9.17) is 0 Å². The van der Waals surface area contributed by atoms with Crippen LogP contribution in [-0.4, -0.2) is 27.5 Å². The Bertz CT molecular complexity index is 412. The number of hydrogen-bond donors (Lipinski definition) is 1. The van der Waals surface area contributed by atoms with Crippen LogP contribution < -0.4 is 5.32 Å². The predicted molar refractivity (Wildman–Crippen MR) is 70.6 cm³/mol. The van der Waals surface area contributed by atoms with Crippen LogP contribution in [0.2, 0.25) is 0 Å². The number of nitrogens with one attached hydrogen (secondary N) is 1. The molecule has 0 fully saturated rings. The van der Waals surface area contributed by atoms with E-state index in [2.05, 4.69) is 20.5 Å². The van der Waals surface area contributed by atoms with E-state index in [0.29, 0.717) is 0 Å². The molecule has 0 aliphatic carbocycles. The van der Waals surface area contributed by atoms with E-state index in [9.17, 15) is 0 Å². The van der Waals surface area contributed by atoms with E-state index in [1.165, 1.54) is 0 Å². The van der Waals surface area contributed by atoms with E-state index < -0.39 is 0 Å². The largest absolute Gasteiger partial charge is 0.360 e. The number of thiazole rings is 1. The first-order chi connectivity index (χ1) is 7.84. The van der Waals surface area contributed by atoms with Gasteiger partial charge in [-0.3, -0.25) is 0 Å². The van der Waals surface area contributed by atoms with Gasteiger partial charge in [-0.05, 0) is 13.3 Å². The Hall–Kier alpha value is -0.660. The lowest BCUT2D eigenvalue weighted by Gasteiger charge is -2.00. The monoisotopic (exact) mass is 272 g/mol. The van der Waals surface area contributed by atoms with E-state index in [-0.39, 0.29) is 0 Å². The van der Waals surface area contributed by atoms with Crippen molar-refractivity contribution in [2.24, 2.45) is 0 Å². The fourth-order valence-electron chi connectivity index (χ4n) is 1.08. The molecule has 0 aliphatic heterocycles. The van der Waals surface area contributed by atoms with Crippen molar-refractivity contribution in [2.45, 2.75) is 17.7 Å². The molecule has 16 heavy (non-hydrogen) atoms. The van der Waals surface area contributed by atoms with Crippen molar-refractivity contribution in [3.05, 3.63) is 16.6 Å². The summed E-state index contributed by atoms with van der Waals surface area (Å²) >= 11 is 5.09. The van der Waals surface area contributed by atoms with Crippen molar-refractivity contribution in [3.63, 3.8) is 0 Å². The molecule has 2 heterocycles. The van der Waals surface area contributed by atoms with Gasteiger partial charge < -0.3 is 5.32 Å². The van der Waals surface area contributed by atoms with Gasteiger partial charge in [0.25, 0.3) is 0 Å². The molecule has 0 atom stereocenters. The van der Waals surface area contributed by atoms with Gasteiger partial charge in [0.1, 0.15) is 9.35 Å². The standard InChI is InChI=1S/C9H12N4S3/c1-7-12-13-8(16-7)10-3-2-5-14-9-11-4-6-15-9/h4,6H,2-3,5H2,1H3,(H,10,13). The summed E-state index contributed by atoms with van der Waals surface area (Å²) in [5.41, 5.74) is 0. The molecule has 0 aliphatic rings. The molecule has 2 rings (SSSR count). The Labute approximate surface area is 107 Å². The Morgan fingerprint density at radius 2 is 2.38 bits per heavy atom. The highest BCUT2D eigenvalue weighted by molar-refractivity contribution is 8.00. The first kappa shape index (κ1) is 11.8. The second-order valence-corrected chi connectivity index (χ2v) is 6.47. The fourth-order valence-corrected chi connectivity index (χ4v) is 3.34. The van der Waals surface area contributed by atoms with Crippen LogP contribution in [0.3, 0.4) is 0 Å². The zero-order chi connectivity index (χ0) is 11.2. The molecule has 2 aromatic heterocycles. The average Bonchev–Trinajstić information content (AvgIpc) is 2.89. The summed E-state index contributed by atoms with van der Waals surface area (Å²) < 4.78 is 1.15. The number of aromatic nitrogens is 3. The highest BCUT2D eigenvalue weighted by Crippen LogP contribution is 2.20. The number of hydrogen-bond acceptors (Lipinski definition) is 7. The maximum atomic E-state index is 4.22. The van der Waals surface area contributed by atoms with Gasteiger partial charge in [0.15, 0.2) is 0 Å². The first-order valence-corrected chi connectivity index (χ1v) is 7.59. The van der Waals surface area contributed by atoms with E-state index in [1.54, 1.807) is 34.4 Å². The maximum absolute atomic E-state index is 4.22. The first-order valence-electron chi connectivity index (χ1n) is 4.91. The fraction of sp³-hybridized carbons (Fsp3) is 0.444. The van der Waals surface area contributed by atoms with Crippen LogP contribution in [0.15, 0.2) is 15.9 Å². The summed E-state index contributed by atoms with van der Waals surface area (Å²) in [4.78, 5) is 4.22. The highest BCUT2D eigenvalue weighted by Gasteiger charge is 1.99. The molecule has 0 radical (unpaired) electrons. The summed E-state index contributed by atoms with van der Waals surface area (Å²) in [6.45, 7) is 2.90. The average molecular weight is 272 g/mol. The van der Waals surface area contributed by atoms with Gasteiger partial charge in [0.05, 0.1) is 0 Å². The smallest absolute Gasteiger partial charge is 0.205 e. The molecular formula is C9H12N4S3. The molecule has 0 unspecified atom stereocenters. The normalized spacial score (nSPS) is 10.6. The second-order valence-electron chi connectivity index (χ2n) is 3.05. The van der Waals surface area contributed by atoms with E-state index >= 15 is 0 Å². The van der Waals surface area contributed by atoms with E-state index in [1.807, 2.05) is 18.5 Å². The predicted octanol–water partition coefficient (Wildman–Crippen LogP) is 2.90. The van der Waals surface area contributed by atoms with Gasteiger partial charge >= 0.3 is 0 Å². The minimum Gasteiger partial charge on any atom is -0.360 e. The molecule has 2 aromatic rings. The molecular weight excluding hydrogens is 260 g/mol. The SMILES string of the molecule is Cc1nnc(NCCCSc2nccs2)s1. The van der Waals surface area contributed by atoms with Gasteiger partial charge in [0.2, 0.25) is 5.13 Å². The van der Waals surface area contributed by atoms with Crippen LogP contribution in [0.1, 0.15) is 11.4 Å². The number of rotatable bonds is 6. The van der Waals surface area contributed by atoms with Crippen molar-refractivity contribution in [2.75, 3.05) is 17.6 Å². The van der Waals surface area contributed by atoms with Crippen LogP contribution >= 0.6 is 34.4 Å². The minimum absolute atomic E-state index is 0.914. The van der Waals surface area contributed by atoms with Crippen molar-refractivity contribution in [3.8, 4) is 0 Å². The zero-order valence-electron chi connectivity index (χ0n) is 8.84. The molecule has 0 aromatic carbocycles. The molecule has 7 heteroatoms. The summed E-state index contributed by atoms with van der Waals surface area (Å²) in [6.07, 6.45) is 2.94. The Morgan fingerprint density at radius 3 is 3.06 bits per heavy atom. The summed E-state index contributed by atoms with van der Waals surface area (Å²) in [5.74, 6) is 1.08. The lowest BCUT2D eigenvalue weighted by molar-refractivity contribution is 0.967. The van der Waals surface area contributed by atoms with Crippen molar-refractivity contribution >= 4 is 39.6 Å². The number of aryl methyl sites for hydroxylation is 1. The van der Waals surface area contributed by atoms with Crippen LogP contribution in [0.25, 0.3) is 0 Å². The lowest BCUT2D eigenvalue weighted by Crippen LogP contribution is -2.01. The summed E-state index contributed by atoms with van der Waals surface area (Å²) in [6, 6.07) is 0. The summed E-state index contributed by atoms with van der Waals surface area (Å²) in [5, 5.41) is 15.1. The van der Waals surface area contributed by atoms with Crippen LogP contribution in [0.4, 0.5) is 5.13 Å².